The second-order valence-corrected chi connectivity index (χ2v) is 6.90. The number of aryl methyl sites for hydroxylation is 3. The predicted molar refractivity (Wildman–Crippen MR) is 93.5 cm³/mol. The van der Waals surface area contributed by atoms with E-state index in [4.69, 9.17) is 0 Å². The van der Waals surface area contributed by atoms with Crippen molar-refractivity contribution >= 4 is 11.8 Å². The quantitative estimate of drug-likeness (QED) is 0.825. The first kappa shape index (κ1) is 16.8. The van der Waals surface area contributed by atoms with Crippen molar-refractivity contribution in [1.29, 1.82) is 0 Å². The first-order valence-electron chi connectivity index (χ1n) is 8.94. The normalized spacial score (nSPS) is 16.7. The highest BCUT2D eigenvalue weighted by Gasteiger charge is 2.28. The van der Waals surface area contributed by atoms with Gasteiger partial charge in [0, 0.05) is 44.0 Å². The van der Waals surface area contributed by atoms with E-state index in [0.29, 0.717) is 43.0 Å². The maximum atomic E-state index is 13.7. The second kappa shape index (κ2) is 6.55. The molecule has 0 saturated carbocycles. The monoisotopic (exact) mass is 356 g/mol. The molecule has 4 rings (SSSR count). The van der Waals surface area contributed by atoms with E-state index in [0.717, 1.165) is 25.1 Å². The molecule has 1 saturated heterocycles. The Morgan fingerprint density at radius 3 is 2.35 bits per heavy atom. The topological polar surface area (TPSA) is 58.4 Å². The van der Waals surface area contributed by atoms with E-state index in [2.05, 4.69) is 5.10 Å². The molecule has 0 N–H and O–H groups in total. The molecule has 1 aromatic carbocycles. The average molecular weight is 356 g/mol. The van der Waals surface area contributed by atoms with Crippen molar-refractivity contribution in [2.24, 2.45) is 0 Å². The van der Waals surface area contributed by atoms with Crippen LogP contribution in [0.15, 0.2) is 24.3 Å². The van der Waals surface area contributed by atoms with Crippen molar-refractivity contribution in [3.63, 3.8) is 0 Å². The van der Waals surface area contributed by atoms with E-state index >= 15 is 0 Å². The summed E-state index contributed by atoms with van der Waals surface area (Å²) in [6.07, 6.45) is 2.05. The maximum absolute atomic E-state index is 13.7. The van der Waals surface area contributed by atoms with Crippen LogP contribution in [0, 0.1) is 12.7 Å². The summed E-state index contributed by atoms with van der Waals surface area (Å²) in [5, 5.41) is 4.39. The average Bonchev–Trinajstić information content (AvgIpc) is 3.25. The standard InChI is InChI=1S/C19H21FN4O2/c1-13-4-5-14(11-16(13)20)18(25)22-7-9-23(10-8-22)19(26)17-12-15-3-2-6-24(15)21-17/h4-5,11-12H,2-3,6-10H2,1H3. The maximum Gasteiger partial charge on any atom is 0.274 e. The number of rotatable bonds is 2. The molecule has 0 aliphatic carbocycles. The molecule has 2 aliphatic rings. The minimum absolute atomic E-state index is 0.0830. The van der Waals surface area contributed by atoms with Gasteiger partial charge < -0.3 is 9.80 Å². The van der Waals surface area contributed by atoms with Gasteiger partial charge in [0.2, 0.25) is 0 Å². The molecule has 2 amide bonds. The third-order valence-corrected chi connectivity index (χ3v) is 5.16. The molecule has 6 nitrogen and oxygen atoms in total. The van der Waals surface area contributed by atoms with Gasteiger partial charge in [0.25, 0.3) is 11.8 Å². The number of aromatic nitrogens is 2. The van der Waals surface area contributed by atoms with Gasteiger partial charge in [0.1, 0.15) is 5.82 Å². The molecule has 3 heterocycles. The lowest BCUT2D eigenvalue weighted by Crippen LogP contribution is -2.50. The SMILES string of the molecule is Cc1ccc(C(=O)N2CCN(C(=O)c3cc4n(n3)CCC4)CC2)cc1F. The zero-order chi connectivity index (χ0) is 18.3. The molecule has 1 fully saturated rings. The van der Waals surface area contributed by atoms with E-state index < -0.39 is 0 Å². The van der Waals surface area contributed by atoms with Crippen LogP contribution in [0.5, 0.6) is 0 Å². The molecule has 2 aliphatic heterocycles. The summed E-state index contributed by atoms with van der Waals surface area (Å²) in [6.45, 7) is 4.33. The molecule has 136 valence electrons. The van der Waals surface area contributed by atoms with E-state index in [1.807, 2.05) is 10.7 Å². The Kier molecular flexibility index (Phi) is 4.22. The van der Waals surface area contributed by atoms with Gasteiger partial charge in [-0.15, -0.1) is 0 Å². The number of hydrogen-bond acceptors (Lipinski definition) is 3. The zero-order valence-corrected chi connectivity index (χ0v) is 14.7. The van der Waals surface area contributed by atoms with E-state index in [-0.39, 0.29) is 17.6 Å². The molecule has 0 bridgehead atoms. The number of piperazine rings is 1. The summed E-state index contributed by atoms with van der Waals surface area (Å²) < 4.78 is 15.6. The summed E-state index contributed by atoms with van der Waals surface area (Å²) in [7, 11) is 0. The van der Waals surface area contributed by atoms with Crippen LogP contribution in [0.2, 0.25) is 0 Å². The molecular formula is C19H21FN4O2. The lowest BCUT2D eigenvalue weighted by Gasteiger charge is -2.34. The van der Waals surface area contributed by atoms with Gasteiger partial charge in [-0.2, -0.15) is 5.10 Å². The highest BCUT2D eigenvalue weighted by atomic mass is 19.1. The summed E-state index contributed by atoms with van der Waals surface area (Å²) in [4.78, 5) is 28.6. The number of carbonyl (C=O) groups is 2. The van der Waals surface area contributed by atoms with Gasteiger partial charge in [0.15, 0.2) is 5.69 Å². The fraction of sp³-hybridized carbons (Fsp3) is 0.421. The van der Waals surface area contributed by atoms with Crippen molar-refractivity contribution in [2.75, 3.05) is 26.2 Å². The predicted octanol–water partition coefficient (Wildman–Crippen LogP) is 1.88. The molecule has 0 radical (unpaired) electrons. The highest BCUT2D eigenvalue weighted by molar-refractivity contribution is 5.95. The summed E-state index contributed by atoms with van der Waals surface area (Å²) in [6, 6.07) is 6.41. The molecule has 7 heteroatoms. The van der Waals surface area contributed by atoms with Crippen LogP contribution in [-0.2, 0) is 13.0 Å². The fourth-order valence-corrected chi connectivity index (χ4v) is 3.55. The summed E-state index contributed by atoms with van der Waals surface area (Å²) in [5.41, 5.74) is 2.46. The Labute approximate surface area is 151 Å². The van der Waals surface area contributed by atoms with Crippen molar-refractivity contribution in [2.45, 2.75) is 26.3 Å². The van der Waals surface area contributed by atoms with Gasteiger partial charge in [-0.25, -0.2) is 4.39 Å². The number of benzene rings is 1. The Hall–Kier alpha value is -2.70. The van der Waals surface area contributed by atoms with Crippen LogP contribution in [0.3, 0.4) is 0 Å². The number of amides is 2. The lowest BCUT2D eigenvalue weighted by atomic mass is 10.1. The van der Waals surface area contributed by atoms with E-state index in [9.17, 15) is 14.0 Å². The molecular weight excluding hydrogens is 335 g/mol. The number of fused-ring (bicyclic) bond motifs is 1. The minimum Gasteiger partial charge on any atom is -0.335 e. The first-order valence-corrected chi connectivity index (χ1v) is 8.94. The minimum atomic E-state index is -0.377. The Morgan fingerprint density at radius 2 is 1.69 bits per heavy atom. The molecule has 2 aromatic rings. The molecule has 1 aromatic heterocycles. The van der Waals surface area contributed by atoms with Crippen LogP contribution in [0.25, 0.3) is 0 Å². The largest absolute Gasteiger partial charge is 0.335 e. The number of nitrogens with zero attached hydrogens (tertiary/aromatic N) is 4. The van der Waals surface area contributed by atoms with Gasteiger partial charge in [-0.1, -0.05) is 6.07 Å². The van der Waals surface area contributed by atoms with Crippen LogP contribution >= 0.6 is 0 Å². The summed E-state index contributed by atoms with van der Waals surface area (Å²) in [5.74, 6) is -0.658. The van der Waals surface area contributed by atoms with Crippen molar-refractivity contribution in [1.82, 2.24) is 19.6 Å². The number of halogens is 1. The fourth-order valence-electron chi connectivity index (χ4n) is 3.55. The molecule has 26 heavy (non-hydrogen) atoms. The lowest BCUT2D eigenvalue weighted by molar-refractivity contribution is 0.0531. The van der Waals surface area contributed by atoms with Gasteiger partial charge in [-0.05, 0) is 43.5 Å². The highest BCUT2D eigenvalue weighted by Crippen LogP contribution is 2.18. The third-order valence-electron chi connectivity index (χ3n) is 5.16. The van der Waals surface area contributed by atoms with Crippen LogP contribution < -0.4 is 0 Å². The second-order valence-electron chi connectivity index (χ2n) is 6.90. The van der Waals surface area contributed by atoms with Gasteiger partial charge in [0.05, 0.1) is 0 Å². The zero-order valence-electron chi connectivity index (χ0n) is 14.7. The smallest absolute Gasteiger partial charge is 0.274 e. The Bertz CT molecular complexity index is 847. The Balaban J connectivity index is 1.39. The number of hydrogen-bond donors (Lipinski definition) is 0. The van der Waals surface area contributed by atoms with E-state index in [1.54, 1.807) is 28.9 Å². The van der Waals surface area contributed by atoms with E-state index in [1.165, 1.54) is 6.07 Å². The molecule has 0 unspecified atom stereocenters. The molecule has 0 atom stereocenters. The van der Waals surface area contributed by atoms with Gasteiger partial charge >= 0.3 is 0 Å². The van der Waals surface area contributed by atoms with Crippen molar-refractivity contribution in [3.05, 3.63) is 52.6 Å². The Morgan fingerprint density at radius 1 is 1.00 bits per heavy atom. The third kappa shape index (κ3) is 2.98. The molecule has 0 spiro atoms. The summed E-state index contributed by atoms with van der Waals surface area (Å²) >= 11 is 0. The van der Waals surface area contributed by atoms with Crippen LogP contribution in [0.4, 0.5) is 4.39 Å². The van der Waals surface area contributed by atoms with Crippen LogP contribution in [-0.4, -0.2) is 57.6 Å². The van der Waals surface area contributed by atoms with Crippen molar-refractivity contribution < 1.29 is 14.0 Å². The first-order chi connectivity index (χ1) is 12.5. The van der Waals surface area contributed by atoms with Crippen LogP contribution in [0.1, 0.15) is 38.5 Å². The number of carbonyl (C=O) groups excluding carboxylic acids is 2. The van der Waals surface area contributed by atoms with Gasteiger partial charge in [-0.3, -0.25) is 14.3 Å². The van der Waals surface area contributed by atoms with Crippen molar-refractivity contribution in [3.8, 4) is 0 Å².